The highest BCUT2D eigenvalue weighted by molar-refractivity contribution is 6.30. The molecule has 2 aromatic rings. The quantitative estimate of drug-likeness (QED) is 0.922. The van der Waals surface area contributed by atoms with Crippen molar-refractivity contribution in [2.24, 2.45) is 0 Å². The number of fused-ring (bicyclic) bond motifs is 1. The third kappa shape index (κ3) is 2.35. The smallest absolute Gasteiger partial charge is 0.373 e. The Kier molecular flexibility index (Phi) is 3.34. The van der Waals surface area contributed by atoms with Crippen LogP contribution in [0, 0.1) is 0 Å². The molecule has 0 saturated heterocycles. The number of carbonyl (C=O) groups is 1. The first kappa shape index (κ1) is 13.0. The van der Waals surface area contributed by atoms with Gasteiger partial charge in [0.2, 0.25) is 0 Å². The molecule has 0 amide bonds. The molecule has 0 fully saturated rings. The van der Waals surface area contributed by atoms with E-state index in [4.69, 9.17) is 26.2 Å². The lowest BCUT2D eigenvalue weighted by Gasteiger charge is -2.30. The molecule has 3 rings (SSSR count). The molecule has 20 heavy (non-hydrogen) atoms. The average molecular weight is 291 g/mol. The summed E-state index contributed by atoms with van der Waals surface area (Å²) in [6.07, 6.45) is -1.84. The molecule has 1 aliphatic rings. The Hall–Kier alpha value is -2.04. The molecule has 102 valence electrons. The largest absolute Gasteiger partial charge is 0.477 e. The van der Waals surface area contributed by atoms with Crippen LogP contribution < -0.4 is 4.74 Å². The lowest BCUT2D eigenvalue weighted by Crippen LogP contribution is -2.35. The number of rotatable bonds is 2. The number of hydrogen-bond donors (Lipinski definition) is 1. The topological polar surface area (TPSA) is 55.8 Å². The maximum atomic E-state index is 11.1. The van der Waals surface area contributed by atoms with Gasteiger partial charge in [0.15, 0.2) is 0 Å². The van der Waals surface area contributed by atoms with Gasteiger partial charge in [-0.25, -0.2) is 4.79 Å². The third-order valence-electron chi connectivity index (χ3n) is 3.05. The number of halogens is 1. The van der Waals surface area contributed by atoms with E-state index in [1.165, 1.54) is 0 Å². The predicted molar refractivity (Wildman–Crippen MR) is 72.9 cm³/mol. The molecule has 0 aromatic heterocycles. The number of carboxylic acid groups (broad SMARTS) is 1. The first-order valence-corrected chi connectivity index (χ1v) is 6.42. The minimum absolute atomic E-state index is 0.474. The van der Waals surface area contributed by atoms with E-state index in [0.717, 1.165) is 11.1 Å². The summed E-state index contributed by atoms with van der Waals surface area (Å²) in [6, 6.07) is 14.4. The molecule has 2 aromatic carbocycles. The van der Waals surface area contributed by atoms with Crippen LogP contribution in [-0.2, 0) is 9.53 Å². The van der Waals surface area contributed by atoms with Gasteiger partial charge in [-0.15, -0.1) is 0 Å². The van der Waals surface area contributed by atoms with Gasteiger partial charge in [0.05, 0.1) is 0 Å². The first-order chi connectivity index (χ1) is 9.65. The zero-order chi connectivity index (χ0) is 14.1. The number of ether oxygens (including phenoxy) is 2. The molecule has 1 heterocycles. The fourth-order valence-corrected chi connectivity index (χ4v) is 2.35. The summed E-state index contributed by atoms with van der Waals surface area (Å²) < 4.78 is 10.9. The van der Waals surface area contributed by atoms with Crippen LogP contribution in [0.3, 0.4) is 0 Å². The second-order valence-electron chi connectivity index (χ2n) is 4.40. The van der Waals surface area contributed by atoms with E-state index in [9.17, 15) is 4.79 Å². The molecule has 0 aliphatic carbocycles. The van der Waals surface area contributed by atoms with Crippen LogP contribution in [0.4, 0.5) is 0 Å². The predicted octanol–water partition coefficient (Wildman–Crippen LogP) is 3.25. The summed E-state index contributed by atoms with van der Waals surface area (Å²) in [5.74, 6) is -0.687. The van der Waals surface area contributed by atoms with Gasteiger partial charge in [-0.05, 0) is 23.8 Å². The van der Waals surface area contributed by atoms with Gasteiger partial charge < -0.3 is 14.6 Å². The number of carboxylic acids is 1. The normalized spacial score (nSPS) is 20.9. The van der Waals surface area contributed by atoms with Crippen molar-refractivity contribution in [1.82, 2.24) is 0 Å². The summed E-state index contributed by atoms with van der Waals surface area (Å²) in [4.78, 5) is 11.1. The molecule has 0 unspecified atom stereocenters. The summed E-state index contributed by atoms with van der Waals surface area (Å²) in [6.45, 7) is 0. The zero-order valence-corrected chi connectivity index (χ0v) is 11.1. The first-order valence-electron chi connectivity index (χ1n) is 6.04. The average Bonchev–Trinajstić information content (AvgIpc) is 2.47. The Bertz CT molecular complexity index is 642. The molecule has 5 heteroatoms. The fourth-order valence-electron chi connectivity index (χ4n) is 2.17. The van der Waals surface area contributed by atoms with E-state index in [2.05, 4.69) is 0 Å². The van der Waals surface area contributed by atoms with Gasteiger partial charge in [-0.3, -0.25) is 0 Å². The van der Waals surface area contributed by atoms with E-state index in [1.54, 1.807) is 18.2 Å². The Labute approximate surface area is 120 Å². The number of aliphatic carboxylic acids is 1. The van der Waals surface area contributed by atoms with E-state index in [1.807, 2.05) is 30.3 Å². The second kappa shape index (κ2) is 5.15. The van der Waals surface area contributed by atoms with Crippen LogP contribution in [-0.4, -0.2) is 17.4 Å². The second-order valence-corrected chi connectivity index (χ2v) is 4.83. The molecule has 0 saturated carbocycles. The lowest BCUT2D eigenvalue weighted by molar-refractivity contribution is -0.183. The highest BCUT2D eigenvalue weighted by Gasteiger charge is 2.34. The van der Waals surface area contributed by atoms with E-state index < -0.39 is 18.4 Å². The van der Waals surface area contributed by atoms with Gasteiger partial charge in [0, 0.05) is 10.6 Å². The fraction of sp³-hybridized carbons (Fsp3) is 0.133. The van der Waals surface area contributed by atoms with Crippen LogP contribution in [0.2, 0.25) is 5.02 Å². The molecule has 0 spiro atoms. The van der Waals surface area contributed by atoms with Crippen molar-refractivity contribution in [1.29, 1.82) is 0 Å². The third-order valence-corrected chi connectivity index (χ3v) is 3.29. The number of benzene rings is 2. The minimum atomic E-state index is -1.33. The van der Waals surface area contributed by atoms with Gasteiger partial charge in [-0.1, -0.05) is 41.9 Å². The van der Waals surface area contributed by atoms with Crippen molar-refractivity contribution in [2.45, 2.75) is 12.4 Å². The van der Waals surface area contributed by atoms with Crippen molar-refractivity contribution in [3.05, 3.63) is 64.7 Å². The van der Waals surface area contributed by atoms with Crippen LogP contribution in [0.1, 0.15) is 17.2 Å². The summed E-state index contributed by atoms with van der Waals surface area (Å²) in [7, 11) is 0. The highest BCUT2D eigenvalue weighted by atomic mass is 35.5. The molecule has 1 N–H and O–H groups in total. The van der Waals surface area contributed by atoms with Crippen LogP contribution in [0.15, 0.2) is 48.5 Å². The molecule has 0 bridgehead atoms. The maximum absolute atomic E-state index is 11.1. The number of hydrogen-bond acceptors (Lipinski definition) is 3. The molecular weight excluding hydrogens is 280 g/mol. The van der Waals surface area contributed by atoms with E-state index >= 15 is 0 Å². The molecule has 4 nitrogen and oxygen atoms in total. The molecule has 1 aliphatic heterocycles. The molecular formula is C15H11ClO4. The van der Waals surface area contributed by atoms with Crippen LogP contribution in [0.5, 0.6) is 5.75 Å². The van der Waals surface area contributed by atoms with Crippen LogP contribution >= 0.6 is 11.6 Å². The Morgan fingerprint density at radius 1 is 1.15 bits per heavy atom. The maximum Gasteiger partial charge on any atom is 0.373 e. The Morgan fingerprint density at radius 3 is 2.60 bits per heavy atom. The lowest BCUT2D eigenvalue weighted by atomic mass is 9.99. The zero-order valence-electron chi connectivity index (χ0n) is 10.3. The van der Waals surface area contributed by atoms with E-state index in [-0.39, 0.29) is 0 Å². The summed E-state index contributed by atoms with van der Waals surface area (Å²) in [5, 5.41) is 9.65. The van der Waals surface area contributed by atoms with Gasteiger partial charge in [0.1, 0.15) is 11.9 Å². The summed E-state index contributed by atoms with van der Waals surface area (Å²) in [5.41, 5.74) is 1.58. The standard InChI is InChI=1S/C15H11ClO4/c16-10-6-7-12-11(8-10)13(9-4-2-1-3-5-9)20-15(19-12)14(17)18/h1-8,13,15H,(H,17,18)/t13-,15-/m0/s1. The van der Waals surface area contributed by atoms with E-state index in [0.29, 0.717) is 10.8 Å². The van der Waals surface area contributed by atoms with Crippen LogP contribution in [0.25, 0.3) is 0 Å². The minimum Gasteiger partial charge on any atom is -0.477 e. The van der Waals surface area contributed by atoms with Crippen molar-refractivity contribution < 1.29 is 19.4 Å². The van der Waals surface area contributed by atoms with Crippen molar-refractivity contribution in [2.75, 3.05) is 0 Å². The summed E-state index contributed by atoms with van der Waals surface area (Å²) >= 11 is 6.00. The Balaban J connectivity index is 2.08. The van der Waals surface area contributed by atoms with Gasteiger partial charge in [0.25, 0.3) is 6.29 Å². The van der Waals surface area contributed by atoms with Gasteiger partial charge in [-0.2, -0.15) is 0 Å². The van der Waals surface area contributed by atoms with Gasteiger partial charge >= 0.3 is 5.97 Å². The molecule has 0 radical (unpaired) electrons. The van der Waals surface area contributed by atoms with Crippen molar-refractivity contribution in [3.63, 3.8) is 0 Å². The molecule has 2 atom stereocenters. The highest BCUT2D eigenvalue weighted by Crippen LogP contribution is 2.39. The Morgan fingerprint density at radius 2 is 1.90 bits per heavy atom. The monoisotopic (exact) mass is 290 g/mol. The SMILES string of the molecule is O=C(O)[C@H]1Oc2ccc(Cl)cc2[C@H](c2ccccc2)O1. The van der Waals surface area contributed by atoms with Crippen molar-refractivity contribution >= 4 is 17.6 Å². The van der Waals surface area contributed by atoms with Crippen molar-refractivity contribution in [3.8, 4) is 5.75 Å².